The van der Waals surface area contributed by atoms with Gasteiger partial charge in [0, 0.05) is 13.1 Å². The highest BCUT2D eigenvalue weighted by molar-refractivity contribution is 7.87. The van der Waals surface area contributed by atoms with Crippen LogP contribution in [0.3, 0.4) is 0 Å². The maximum absolute atomic E-state index is 11.8. The lowest BCUT2D eigenvalue weighted by atomic mass is 10.3. The minimum absolute atomic E-state index is 0.320. The van der Waals surface area contributed by atoms with Crippen LogP contribution >= 0.6 is 0 Å². The Morgan fingerprint density at radius 2 is 1.76 bits per heavy atom. The summed E-state index contributed by atoms with van der Waals surface area (Å²) in [6, 6.07) is -1.50. The highest BCUT2D eigenvalue weighted by Crippen LogP contribution is 2.02. The van der Waals surface area contributed by atoms with E-state index in [0.717, 1.165) is 0 Å². The van der Waals surface area contributed by atoms with Crippen molar-refractivity contribution >= 4 is 16.2 Å². The number of nitrogens with one attached hydrogen (secondary N) is 1. The van der Waals surface area contributed by atoms with Gasteiger partial charge in [-0.15, -0.1) is 0 Å². The van der Waals surface area contributed by atoms with Crippen LogP contribution in [0.4, 0.5) is 0 Å². The topological polar surface area (TPSA) is 107 Å². The standard InChI is InChI=1S/C9H20N2O5S/c1-3-5-11(6-4-2)17(15,16)10-8(7-12)9(13)14/h8,10,12H,3-7H2,1-2H3,(H,13,14). The van der Waals surface area contributed by atoms with Crippen LogP contribution in [0, 0.1) is 0 Å². The molecule has 0 aromatic carbocycles. The van der Waals surface area contributed by atoms with Crippen molar-refractivity contribution in [3.63, 3.8) is 0 Å². The lowest BCUT2D eigenvalue weighted by Gasteiger charge is -2.23. The normalized spacial score (nSPS) is 13.9. The zero-order valence-corrected chi connectivity index (χ0v) is 10.9. The number of nitrogens with zero attached hydrogens (tertiary/aromatic N) is 1. The molecule has 0 spiro atoms. The fourth-order valence-corrected chi connectivity index (χ4v) is 2.80. The van der Waals surface area contributed by atoms with Gasteiger partial charge in [-0.05, 0) is 12.8 Å². The van der Waals surface area contributed by atoms with E-state index in [1.54, 1.807) is 0 Å². The molecular weight excluding hydrogens is 248 g/mol. The van der Waals surface area contributed by atoms with E-state index in [2.05, 4.69) is 0 Å². The number of hydrogen-bond acceptors (Lipinski definition) is 4. The summed E-state index contributed by atoms with van der Waals surface area (Å²) in [6.45, 7) is 3.53. The minimum Gasteiger partial charge on any atom is -0.480 e. The summed E-state index contributed by atoms with van der Waals surface area (Å²) in [6.07, 6.45) is 1.27. The Morgan fingerprint density at radius 1 is 1.29 bits per heavy atom. The lowest BCUT2D eigenvalue weighted by Crippen LogP contribution is -2.50. The van der Waals surface area contributed by atoms with Gasteiger partial charge in [0.25, 0.3) is 10.2 Å². The Kier molecular flexibility index (Phi) is 7.28. The zero-order chi connectivity index (χ0) is 13.5. The molecule has 1 unspecified atom stereocenters. The van der Waals surface area contributed by atoms with Crippen LogP contribution in [-0.4, -0.2) is 54.6 Å². The third-order valence-corrected chi connectivity index (χ3v) is 3.69. The number of aliphatic hydroxyl groups excluding tert-OH is 1. The molecule has 0 saturated carbocycles. The van der Waals surface area contributed by atoms with E-state index in [0.29, 0.717) is 25.9 Å². The second-order valence-corrected chi connectivity index (χ2v) is 5.30. The molecule has 102 valence electrons. The van der Waals surface area contributed by atoms with Crippen molar-refractivity contribution in [2.45, 2.75) is 32.7 Å². The molecule has 0 aromatic rings. The van der Waals surface area contributed by atoms with Gasteiger partial charge in [0.15, 0.2) is 0 Å². The molecule has 0 bridgehead atoms. The molecule has 7 nitrogen and oxygen atoms in total. The average Bonchev–Trinajstić information content (AvgIpc) is 2.25. The number of carboxylic acids is 1. The van der Waals surface area contributed by atoms with E-state index in [-0.39, 0.29) is 0 Å². The van der Waals surface area contributed by atoms with E-state index in [4.69, 9.17) is 10.2 Å². The van der Waals surface area contributed by atoms with Crippen molar-refractivity contribution in [1.82, 2.24) is 9.03 Å². The van der Waals surface area contributed by atoms with Gasteiger partial charge in [0.1, 0.15) is 6.04 Å². The van der Waals surface area contributed by atoms with Gasteiger partial charge in [0.05, 0.1) is 6.61 Å². The Labute approximate surface area is 102 Å². The summed E-state index contributed by atoms with van der Waals surface area (Å²) in [4.78, 5) is 10.6. The van der Waals surface area contributed by atoms with Gasteiger partial charge in [-0.3, -0.25) is 4.79 Å². The minimum atomic E-state index is -3.86. The second-order valence-electron chi connectivity index (χ2n) is 3.60. The van der Waals surface area contributed by atoms with Gasteiger partial charge in [-0.2, -0.15) is 17.4 Å². The van der Waals surface area contributed by atoms with E-state index >= 15 is 0 Å². The third kappa shape index (κ3) is 5.44. The largest absolute Gasteiger partial charge is 0.480 e. The summed E-state index contributed by atoms with van der Waals surface area (Å²) in [5.41, 5.74) is 0. The highest BCUT2D eigenvalue weighted by Gasteiger charge is 2.27. The van der Waals surface area contributed by atoms with Crippen molar-refractivity contribution in [3.05, 3.63) is 0 Å². The SMILES string of the molecule is CCCN(CCC)S(=O)(=O)NC(CO)C(=O)O. The molecule has 0 heterocycles. The number of hydrogen-bond donors (Lipinski definition) is 3. The van der Waals surface area contributed by atoms with Crippen LogP contribution in [0.25, 0.3) is 0 Å². The molecule has 0 radical (unpaired) electrons. The fraction of sp³-hybridized carbons (Fsp3) is 0.889. The monoisotopic (exact) mass is 268 g/mol. The van der Waals surface area contributed by atoms with E-state index in [9.17, 15) is 13.2 Å². The van der Waals surface area contributed by atoms with Crippen molar-refractivity contribution < 1.29 is 23.4 Å². The molecule has 0 rings (SSSR count). The molecular formula is C9H20N2O5S. The third-order valence-electron chi connectivity index (χ3n) is 2.06. The molecule has 0 aromatic heterocycles. The maximum Gasteiger partial charge on any atom is 0.324 e. The lowest BCUT2D eigenvalue weighted by molar-refractivity contribution is -0.139. The first-order valence-corrected chi connectivity index (χ1v) is 6.94. The maximum atomic E-state index is 11.8. The Morgan fingerprint density at radius 3 is 2.06 bits per heavy atom. The molecule has 0 fully saturated rings. The number of aliphatic carboxylic acids is 1. The molecule has 0 amide bonds. The first kappa shape index (κ1) is 16.3. The van der Waals surface area contributed by atoms with Crippen LogP contribution < -0.4 is 4.72 Å². The quantitative estimate of drug-likeness (QED) is 0.517. The zero-order valence-electron chi connectivity index (χ0n) is 10.1. The predicted molar refractivity (Wildman–Crippen MR) is 62.7 cm³/mol. The first-order valence-electron chi connectivity index (χ1n) is 5.50. The summed E-state index contributed by atoms with van der Waals surface area (Å²) in [5, 5.41) is 17.4. The summed E-state index contributed by atoms with van der Waals surface area (Å²) >= 11 is 0. The number of carboxylic acid groups (broad SMARTS) is 1. The second kappa shape index (κ2) is 7.59. The molecule has 3 N–H and O–H groups in total. The van der Waals surface area contributed by atoms with E-state index in [1.807, 2.05) is 18.6 Å². The molecule has 0 aliphatic heterocycles. The number of carbonyl (C=O) groups is 1. The van der Waals surface area contributed by atoms with Crippen LogP contribution in [0.2, 0.25) is 0 Å². The smallest absolute Gasteiger partial charge is 0.324 e. The first-order chi connectivity index (χ1) is 7.88. The highest BCUT2D eigenvalue weighted by atomic mass is 32.2. The van der Waals surface area contributed by atoms with Crippen molar-refractivity contribution in [2.24, 2.45) is 0 Å². The number of rotatable bonds is 9. The Bertz CT molecular complexity index is 324. The predicted octanol–water partition coefficient (Wildman–Crippen LogP) is -0.612. The molecule has 8 heteroatoms. The Balaban J connectivity index is 4.77. The molecule has 17 heavy (non-hydrogen) atoms. The molecule has 1 atom stereocenters. The van der Waals surface area contributed by atoms with Gasteiger partial charge < -0.3 is 10.2 Å². The molecule has 0 saturated heterocycles. The average molecular weight is 268 g/mol. The Hall–Kier alpha value is -0.700. The van der Waals surface area contributed by atoms with Gasteiger partial charge in [0.2, 0.25) is 0 Å². The van der Waals surface area contributed by atoms with Gasteiger partial charge >= 0.3 is 5.97 Å². The van der Waals surface area contributed by atoms with E-state index < -0.39 is 28.8 Å². The molecule has 0 aliphatic rings. The van der Waals surface area contributed by atoms with Crippen LogP contribution in [0.15, 0.2) is 0 Å². The van der Waals surface area contributed by atoms with E-state index in [1.165, 1.54) is 4.31 Å². The van der Waals surface area contributed by atoms with Gasteiger partial charge in [-0.1, -0.05) is 13.8 Å². The van der Waals surface area contributed by atoms with Crippen LogP contribution in [-0.2, 0) is 15.0 Å². The molecule has 0 aliphatic carbocycles. The van der Waals surface area contributed by atoms with Crippen LogP contribution in [0.1, 0.15) is 26.7 Å². The summed E-state index contributed by atoms with van der Waals surface area (Å²) in [5.74, 6) is -1.40. The van der Waals surface area contributed by atoms with Crippen molar-refractivity contribution in [3.8, 4) is 0 Å². The van der Waals surface area contributed by atoms with Gasteiger partial charge in [-0.25, -0.2) is 0 Å². The summed E-state index contributed by atoms with van der Waals surface area (Å²) < 4.78 is 26.8. The number of aliphatic hydroxyl groups is 1. The van der Waals surface area contributed by atoms with Crippen LogP contribution in [0.5, 0.6) is 0 Å². The van der Waals surface area contributed by atoms with Crippen molar-refractivity contribution in [1.29, 1.82) is 0 Å². The fourth-order valence-electron chi connectivity index (χ4n) is 1.27. The summed E-state index contributed by atoms with van der Waals surface area (Å²) in [7, 11) is -3.86. The van der Waals surface area contributed by atoms with Crippen molar-refractivity contribution in [2.75, 3.05) is 19.7 Å².